The van der Waals surface area contributed by atoms with Crippen LogP contribution in [0.4, 0.5) is 4.79 Å². The maximum absolute atomic E-state index is 12.1. The summed E-state index contributed by atoms with van der Waals surface area (Å²) in [7, 11) is 1.50. The molecule has 0 aliphatic rings. The van der Waals surface area contributed by atoms with Crippen molar-refractivity contribution < 1.29 is 19.1 Å². The first-order valence-corrected chi connectivity index (χ1v) is 7.18. The molecule has 0 saturated heterocycles. The highest BCUT2D eigenvalue weighted by Crippen LogP contribution is 2.21. The molecular weight excluding hydrogens is 284 g/mol. The molecule has 0 radical (unpaired) electrons. The molecule has 1 atom stereocenters. The van der Waals surface area contributed by atoms with Crippen LogP contribution in [0.3, 0.4) is 0 Å². The van der Waals surface area contributed by atoms with E-state index in [9.17, 15) is 9.59 Å². The first-order chi connectivity index (χ1) is 10.1. The fourth-order valence-electron chi connectivity index (χ4n) is 1.71. The van der Waals surface area contributed by atoms with E-state index in [0.717, 1.165) is 0 Å². The minimum Gasteiger partial charge on any atom is -0.475 e. The van der Waals surface area contributed by atoms with Crippen molar-refractivity contribution in [1.82, 2.24) is 9.88 Å². The smallest absolute Gasteiger partial charge is 0.410 e. The van der Waals surface area contributed by atoms with Crippen molar-refractivity contribution in [2.45, 2.75) is 52.4 Å². The molecule has 0 bridgehead atoms. The highest BCUT2D eigenvalue weighted by atomic mass is 16.6. The van der Waals surface area contributed by atoms with Gasteiger partial charge >= 0.3 is 6.09 Å². The molecule has 0 fully saturated rings. The van der Waals surface area contributed by atoms with Crippen LogP contribution in [0.1, 0.15) is 46.4 Å². The van der Waals surface area contributed by atoms with Crippen molar-refractivity contribution in [3.63, 3.8) is 0 Å². The van der Waals surface area contributed by atoms with Crippen LogP contribution in [0.25, 0.3) is 0 Å². The molecule has 6 nitrogen and oxygen atoms in total. The summed E-state index contributed by atoms with van der Waals surface area (Å²) in [5, 5.41) is 0. The van der Waals surface area contributed by atoms with Gasteiger partial charge in [-0.15, -0.1) is 0 Å². The third-order valence-corrected chi connectivity index (χ3v) is 2.63. The molecule has 0 aliphatic carbocycles. The summed E-state index contributed by atoms with van der Waals surface area (Å²) in [5.74, 6) is 0.414. The van der Waals surface area contributed by atoms with E-state index < -0.39 is 17.7 Å². The highest BCUT2D eigenvalue weighted by Gasteiger charge is 2.27. The first-order valence-electron chi connectivity index (χ1n) is 7.18. The van der Waals surface area contributed by atoms with E-state index in [0.29, 0.717) is 17.9 Å². The van der Waals surface area contributed by atoms with E-state index in [-0.39, 0.29) is 6.10 Å². The van der Waals surface area contributed by atoms with E-state index in [1.165, 1.54) is 11.9 Å². The summed E-state index contributed by atoms with van der Waals surface area (Å²) < 4.78 is 10.8. The van der Waals surface area contributed by atoms with Crippen LogP contribution in [0, 0.1) is 0 Å². The lowest BCUT2D eigenvalue weighted by atomic mass is 10.2. The molecule has 1 aromatic heterocycles. The topological polar surface area (TPSA) is 68.7 Å². The van der Waals surface area contributed by atoms with E-state index >= 15 is 0 Å². The van der Waals surface area contributed by atoms with Gasteiger partial charge in [0.15, 0.2) is 0 Å². The maximum atomic E-state index is 12.1. The van der Waals surface area contributed by atoms with Crippen molar-refractivity contribution in [3.05, 3.63) is 23.9 Å². The zero-order valence-corrected chi connectivity index (χ0v) is 14.0. The Morgan fingerprint density at radius 3 is 2.45 bits per heavy atom. The molecule has 0 saturated carbocycles. The number of rotatable bonds is 5. The van der Waals surface area contributed by atoms with Crippen molar-refractivity contribution in [2.24, 2.45) is 0 Å². The zero-order valence-electron chi connectivity index (χ0n) is 14.0. The van der Waals surface area contributed by atoms with Crippen molar-refractivity contribution >= 4 is 12.4 Å². The fourth-order valence-corrected chi connectivity index (χ4v) is 1.71. The molecule has 0 spiro atoms. The number of aromatic nitrogens is 1. The summed E-state index contributed by atoms with van der Waals surface area (Å²) in [6, 6.07) is 4.29. The van der Waals surface area contributed by atoms with E-state index in [1.807, 2.05) is 13.8 Å². The van der Waals surface area contributed by atoms with Crippen LogP contribution in [-0.2, 0) is 9.53 Å². The number of ether oxygens (including phenoxy) is 2. The number of carbonyl (C=O) groups is 2. The van der Waals surface area contributed by atoms with Crippen molar-refractivity contribution in [2.75, 3.05) is 7.05 Å². The molecule has 1 aromatic rings. The van der Waals surface area contributed by atoms with Crippen molar-refractivity contribution in [1.29, 1.82) is 0 Å². The average molecular weight is 308 g/mol. The predicted octanol–water partition coefficient (Wildman–Crippen LogP) is 2.98. The Balaban J connectivity index is 2.95. The van der Waals surface area contributed by atoms with Crippen LogP contribution in [-0.4, -0.2) is 41.0 Å². The Kier molecular flexibility index (Phi) is 5.91. The van der Waals surface area contributed by atoms with Gasteiger partial charge in [0.05, 0.1) is 11.8 Å². The van der Waals surface area contributed by atoms with Gasteiger partial charge in [0.1, 0.15) is 17.9 Å². The number of likely N-dealkylation sites (N-methyl/N-ethyl adjacent to an activating group) is 1. The molecule has 1 amide bonds. The minimum atomic E-state index is -0.828. The number of aldehydes is 1. The summed E-state index contributed by atoms with van der Waals surface area (Å²) in [5.41, 5.74) is -0.198. The van der Waals surface area contributed by atoms with Gasteiger partial charge in [-0.2, -0.15) is 0 Å². The molecule has 1 rings (SSSR count). The Labute approximate surface area is 131 Å². The molecule has 0 aliphatic heterocycles. The molecular formula is C16H24N2O4. The molecule has 1 heterocycles. The molecule has 0 N–H and O–H groups in total. The third-order valence-electron chi connectivity index (χ3n) is 2.63. The number of nitrogens with zero attached hydrogens (tertiary/aromatic N) is 2. The summed E-state index contributed by atoms with van der Waals surface area (Å²) in [6.07, 6.45) is 0.0494. The van der Waals surface area contributed by atoms with Crippen molar-refractivity contribution in [3.8, 4) is 5.88 Å². The fraction of sp³-hybridized carbons (Fsp3) is 0.562. The van der Waals surface area contributed by atoms with Gasteiger partial charge in [-0.3, -0.25) is 4.90 Å². The second-order valence-corrected chi connectivity index (χ2v) is 6.24. The van der Waals surface area contributed by atoms with Crippen LogP contribution in [0.2, 0.25) is 0 Å². The van der Waals surface area contributed by atoms with Gasteiger partial charge in [0.2, 0.25) is 5.88 Å². The zero-order chi connectivity index (χ0) is 16.9. The number of pyridine rings is 1. The number of hydrogen-bond donors (Lipinski definition) is 0. The lowest BCUT2D eigenvalue weighted by Crippen LogP contribution is -2.37. The van der Waals surface area contributed by atoms with Gasteiger partial charge in [0, 0.05) is 13.1 Å². The number of amides is 1. The SMILES string of the molecule is CC(C)Oc1cccc(C(C=O)N(C)C(=O)OC(C)(C)C)n1. The highest BCUT2D eigenvalue weighted by molar-refractivity contribution is 5.74. The largest absolute Gasteiger partial charge is 0.475 e. The lowest BCUT2D eigenvalue weighted by Gasteiger charge is -2.27. The molecule has 6 heteroatoms. The van der Waals surface area contributed by atoms with Gasteiger partial charge in [-0.1, -0.05) is 6.07 Å². The Hall–Kier alpha value is -2.11. The lowest BCUT2D eigenvalue weighted by molar-refractivity contribution is -0.112. The summed E-state index contributed by atoms with van der Waals surface area (Å²) in [4.78, 5) is 29.0. The van der Waals surface area contributed by atoms with Gasteiger partial charge in [-0.05, 0) is 40.7 Å². The van der Waals surface area contributed by atoms with Crippen LogP contribution in [0.5, 0.6) is 5.88 Å². The van der Waals surface area contributed by atoms with E-state index in [1.54, 1.807) is 39.0 Å². The van der Waals surface area contributed by atoms with Crippen LogP contribution in [0.15, 0.2) is 18.2 Å². The summed E-state index contributed by atoms with van der Waals surface area (Å²) in [6.45, 7) is 9.08. The van der Waals surface area contributed by atoms with Crippen LogP contribution < -0.4 is 4.74 Å². The van der Waals surface area contributed by atoms with Crippen LogP contribution >= 0.6 is 0 Å². The minimum absolute atomic E-state index is 0.0268. The standard InChI is InChI=1S/C16H24N2O4/c1-11(2)21-14-9-7-8-12(17-14)13(10-19)18(6)15(20)22-16(3,4)5/h7-11,13H,1-6H3. The first kappa shape index (κ1) is 17.9. The molecule has 22 heavy (non-hydrogen) atoms. The summed E-state index contributed by atoms with van der Waals surface area (Å²) >= 11 is 0. The normalized spacial score (nSPS) is 12.7. The number of hydrogen-bond acceptors (Lipinski definition) is 5. The Morgan fingerprint density at radius 1 is 1.32 bits per heavy atom. The quantitative estimate of drug-likeness (QED) is 0.782. The molecule has 0 aromatic carbocycles. The average Bonchev–Trinajstić information content (AvgIpc) is 2.37. The second kappa shape index (κ2) is 7.24. The second-order valence-electron chi connectivity index (χ2n) is 6.24. The van der Waals surface area contributed by atoms with Gasteiger partial charge in [0.25, 0.3) is 0 Å². The Morgan fingerprint density at radius 2 is 1.95 bits per heavy atom. The Bertz CT molecular complexity index is 523. The predicted molar refractivity (Wildman–Crippen MR) is 82.8 cm³/mol. The third kappa shape index (κ3) is 5.35. The molecule has 122 valence electrons. The number of carbonyl (C=O) groups excluding carboxylic acids is 2. The van der Waals surface area contributed by atoms with Gasteiger partial charge < -0.3 is 14.3 Å². The molecule has 1 unspecified atom stereocenters. The maximum Gasteiger partial charge on any atom is 0.410 e. The van der Waals surface area contributed by atoms with E-state index in [2.05, 4.69) is 4.98 Å². The van der Waals surface area contributed by atoms with Gasteiger partial charge in [-0.25, -0.2) is 9.78 Å². The monoisotopic (exact) mass is 308 g/mol. The van der Waals surface area contributed by atoms with E-state index in [4.69, 9.17) is 9.47 Å².